The summed E-state index contributed by atoms with van der Waals surface area (Å²) < 4.78 is 13.1. The van der Waals surface area contributed by atoms with Crippen LogP contribution in [-0.4, -0.2) is 4.21 Å². The Kier molecular flexibility index (Phi) is 4.25. The van der Waals surface area contributed by atoms with Crippen molar-refractivity contribution in [1.82, 2.24) is 0 Å². The maximum atomic E-state index is 12.2. The Morgan fingerprint density at radius 1 is 1.41 bits per heavy atom. The Hall–Kier alpha value is -0.360. The highest BCUT2D eigenvalue weighted by molar-refractivity contribution is 9.10. The van der Waals surface area contributed by atoms with Crippen molar-refractivity contribution in [2.24, 2.45) is 0 Å². The lowest BCUT2D eigenvalue weighted by Crippen LogP contribution is -2.00. The standard InChI is InChI=1S/C11H9BrClNOS2/c12-7-1-2-9(14)11(5-7)17(15)6-10-8(13)3-4-16-10/h1-5H,6,14H2. The zero-order valence-corrected chi connectivity index (χ0v) is 12.6. The van der Waals surface area contributed by atoms with Crippen LogP contribution < -0.4 is 5.73 Å². The molecule has 2 aromatic rings. The Balaban J connectivity index is 2.26. The zero-order chi connectivity index (χ0) is 12.4. The van der Waals surface area contributed by atoms with Crippen molar-refractivity contribution in [3.8, 4) is 0 Å². The molecule has 1 heterocycles. The zero-order valence-electron chi connectivity index (χ0n) is 8.65. The molecule has 2 nitrogen and oxygen atoms in total. The molecule has 0 amide bonds. The Bertz CT molecular complexity index is 570. The molecule has 6 heteroatoms. The smallest absolute Gasteiger partial charge is 0.0642 e. The van der Waals surface area contributed by atoms with Gasteiger partial charge in [0, 0.05) is 15.0 Å². The van der Waals surface area contributed by atoms with Crippen molar-refractivity contribution in [3.63, 3.8) is 0 Å². The van der Waals surface area contributed by atoms with Crippen LogP contribution in [0.25, 0.3) is 0 Å². The van der Waals surface area contributed by atoms with Gasteiger partial charge in [-0.3, -0.25) is 4.21 Å². The minimum absolute atomic E-state index is 0.400. The summed E-state index contributed by atoms with van der Waals surface area (Å²) in [5.41, 5.74) is 6.35. The van der Waals surface area contributed by atoms with Crippen molar-refractivity contribution in [2.45, 2.75) is 10.6 Å². The van der Waals surface area contributed by atoms with E-state index in [1.54, 1.807) is 12.1 Å². The lowest BCUT2D eigenvalue weighted by molar-refractivity contribution is 0.683. The highest BCUT2D eigenvalue weighted by Gasteiger charge is 2.12. The van der Waals surface area contributed by atoms with E-state index in [9.17, 15) is 4.21 Å². The van der Waals surface area contributed by atoms with E-state index in [1.807, 2.05) is 17.5 Å². The van der Waals surface area contributed by atoms with Crippen molar-refractivity contribution < 1.29 is 4.21 Å². The predicted molar refractivity (Wildman–Crippen MR) is 78.0 cm³/mol. The fourth-order valence-electron chi connectivity index (χ4n) is 1.33. The van der Waals surface area contributed by atoms with Gasteiger partial charge in [-0.25, -0.2) is 0 Å². The molecular weight excluding hydrogens is 342 g/mol. The molecular formula is C11H9BrClNOS2. The Morgan fingerprint density at radius 2 is 2.18 bits per heavy atom. The van der Waals surface area contributed by atoms with Crippen LogP contribution in [0.1, 0.15) is 4.88 Å². The molecule has 17 heavy (non-hydrogen) atoms. The van der Waals surface area contributed by atoms with Crippen LogP contribution in [0.3, 0.4) is 0 Å². The number of benzene rings is 1. The number of halogens is 2. The van der Waals surface area contributed by atoms with Crippen molar-refractivity contribution >= 4 is 55.4 Å². The molecule has 90 valence electrons. The van der Waals surface area contributed by atoms with Gasteiger partial charge in [-0.05, 0) is 29.6 Å². The first-order valence-corrected chi connectivity index (χ1v) is 8.10. The summed E-state index contributed by atoms with van der Waals surface area (Å²) in [6.45, 7) is 0. The topological polar surface area (TPSA) is 43.1 Å². The maximum Gasteiger partial charge on any atom is 0.0642 e. The van der Waals surface area contributed by atoms with Gasteiger partial charge in [0.25, 0.3) is 0 Å². The second kappa shape index (κ2) is 5.52. The molecule has 0 saturated carbocycles. The fourth-order valence-corrected chi connectivity index (χ4v) is 4.54. The van der Waals surface area contributed by atoms with E-state index in [1.165, 1.54) is 11.3 Å². The summed E-state index contributed by atoms with van der Waals surface area (Å²) in [6.07, 6.45) is 0. The molecule has 2 N–H and O–H groups in total. The molecule has 0 fully saturated rings. The van der Waals surface area contributed by atoms with Gasteiger partial charge in [0.05, 0.1) is 26.5 Å². The highest BCUT2D eigenvalue weighted by atomic mass is 79.9. The van der Waals surface area contributed by atoms with Crippen LogP contribution in [0.15, 0.2) is 39.0 Å². The van der Waals surface area contributed by atoms with Crippen LogP contribution in [0.4, 0.5) is 5.69 Å². The minimum Gasteiger partial charge on any atom is -0.398 e. The summed E-state index contributed by atoms with van der Waals surface area (Å²) in [5, 5.41) is 2.55. The van der Waals surface area contributed by atoms with Crippen LogP contribution in [0.5, 0.6) is 0 Å². The number of nitrogen functional groups attached to an aromatic ring is 1. The first kappa shape index (κ1) is 13.1. The molecule has 0 radical (unpaired) electrons. The second-order valence-corrected chi connectivity index (χ2v) is 7.11. The minimum atomic E-state index is -1.17. The number of thiophene rings is 1. The van der Waals surface area contributed by atoms with Crippen LogP contribution in [0, 0.1) is 0 Å². The normalized spacial score (nSPS) is 12.6. The highest BCUT2D eigenvalue weighted by Crippen LogP contribution is 2.28. The fraction of sp³-hybridized carbons (Fsp3) is 0.0909. The lowest BCUT2D eigenvalue weighted by Gasteiger charge is -2.05. The second-order valence-electron chi connectivity index (χ2n) is 3.36. The third-order valence-electron chi connectivity index (χ3n) is 2.17. The molecule has 1 unspecified atom stereocenters. The summed E-state index contributed by atoms with van der Waals surface area (Å²) in [4.78, 5) is 1.56. The van der Waals surface area contributed by atoms with Crippen molar-refractivity contribution in [3.05, 3.63) is 44.0 Å². The van der Waals surface area contributed by atoms with Gasteiger partial charge in [-0.2, -0.15) is 0 Å². The average Bonchev–Trinajstić information content (AvgIpc) is 2.68. The van der Waals surface area contributed by atoms with Crippen LogP contribution >= 0.6 is 38.9 Å². The summed E-state index contributed by atoms with van der Waals surface area (Å²) in [5.74, 6) is 0.400. The summed E-state index contributed by atoms with van der Waals surface area (Å²) in [7, 11) is -1.17. The molecule has 0 aliphatic carbocycles. The number of hydrogen-bond donors (Lipinski definition) is 1. The SMILES string of the molecule is Nc1ccc(Br)cc1S(=O)Cc1sccc1Cl. The quantitative estimate of drug-likeness (QED) is 0.848. The first-order chi connectivity index (χ1) is 8.08. The van der Waals surface area contributed by atoms with E-state index in [0.29, 0.717) is 21.4 Å². The molecule has 0 bridgehead atoms. The van der Waals surface area contributed by atoms with Crippen molar-refractivity contribution in [1.29, 1.82) is 0 Å². The number of hydrogen-bond acceptors (Lipinski definition) is 3. The van der Waals surface area contributed by atoms with Gasteiger partial charge in [0.2, 0.25) is 0 Å². The molecule has 0 saturated heterocycles. The van der Waals surface area contributed by atoms with E-state index in [-0.39, 0.29) is 0 Å². The van der Waals surface area contributed by atoms with Crippen LogP contribution in [0.2, 0.25) is 5.02 Å². The number of rotatable bonds is 3. The van der Waals surface area contributed by atoms with Gasteiger partial charge in [-0.15, -0.1) is 11.3 Å². The third kappa shape index (κ3) is 3.10. The van der Waals surface area contributed by atoms with Gasteiger partial charge in [0.1, 0.15) is 0 Å². The van der Waals surface area contributed by atoms with Gasteiger partial charge < -0.3 is 5.73 Å². The summed E-state index contributed by atoms with van der Waals surface area (Å²) >= 11 is 10.8. The van der Waals surface area contributed by atoms with Crippen LogP contribution in [-0.2, 0) is 16.6 Å². The Morgan fingerprint density at radius 3 is 2.82 bits per heavy atom. The number of nitrogens with two attached hydrogens (primary N) is 1. The monoisotopic (exact) mass is 349 g/mol. The summed E-state index contributed by atoms with van der Waals surface area (Å²) in [6, 6.07) is 7.16. The number of anilines is 1. The molecule has 0 aliphatic rings. The van der Waals surface area contributed by atoms with E-state index in [4.69, 9.17) is 17.3 Å². The van der Waals surface area contributed by atoms with Gasteiger partial charge >= 0.3 is 0 Å². The molecule has 0 spiro atoms. The first-order valence-electron chi connectivity index (χ1n) is 4.73. The lowest BCUT2D eigenvalue weighted by atomic mass is 10.3. The predicted octanol–water partition coefficient (Wildman–Crippen LogP) is 4.05. The van der Waals surface area contributed by atoms with E-state index < -0.39 is 10.8 Å². The molecule has 1 aromatic carbocycles. The maximum absolute atomic E-state index is 12.2. The largest absolute Gasteiger partial charge is 0.398 e. The van der Waals surface area contributed by atoms with Gasteiger partial charge in [0.15, 0.2) is 0 Å². The Labute approximate surface area is 119 Å². The van der Waals surface area contributed by atoms with Crippen molar-refractivity contribution in [2.75, 3.05) is 5.73 Å². The van der Waals surface area contributed by atoms with E-state index in [0.717, 1.165) is 9.35 Å². The van der Waals surface area contributed by atoms with Gasteiger partial charge in [-0.1, -0.05) is 27.5 Å². The van der Waals surface area contributed by atoms with E-state index >= 15 is 0 Å². The molecule has 1 aromatic heterocycles. The molecule has 2 rings (SSSR count). The van der Waals surface area contributed by atoms with E-state index in [2.05, 4.69) is 15.9 Å². The molecule has 0 aliphatic heterocycles. The molecule has 1 atom stereocenters. The third-order valence-corrected chi connectivity index (χ3v) is 5.63. The average molecular weight is 351 g/mol.